The van der Waals surface area contributed by atoms with Crippen LogP contribution in [0, 0.1) is 0 Å². The van der Waals surface area contributed by atoms with Gasteiger partial charge in [-0.15, -0.1) is 0 Å². The fraction of sp³-hybridized carbons (Fsp3) is 0.292. The van der Waals surface area contributed by atoms with Crippen molar-refractivity contribution in [3.8, 4) is 17.2 Å². The average Bonchev–Trinajstić information content (AvgIpc) is 3.39. The van der Waals surface area contributed by atoms with Crippen LogP contribution in [0.15, 0.2) is 48.7 Å². The molecule has 3 aromatic rings. The molecule has 1 atom stereocenters. The van der Waals surface area contributed by atoms with Gasteiger partial charge in [-0.05, 0) is 36.4 Å². The second kappa shape index (κ2) is 9.33. The van der Waals surface area contributed by atoms with Gasteiger partial charge in [0.05, 0.1) is 6.61 Å². The predicted molar refractivity (Wildman–Crippen MR) is 122 cm³/mol. The van der Waals surface area contributed by atoms with Crippen LogP contribution in [0.2, 0.25) is 0 Å². The number of aryl methyl sites for hydroxylation is 1. The van der Waals surface area contributed by atoms with E-state index >= 15 is 0 Å². The van der Waals surface area contributed by atoms with Gasteiger partial charge in [0.25, 0.3) is 11.8 Å². The standard InChI is InChI=1S/C24H26N4O5/c1-27(2)24(30)15-5-7-17(8-6-15)32-20-11-16(23(29)25-22-9-10-28(3)26-22)12-21-19(20)13-18(33-21)14-31-4/h5-12,18H,13-14H2,1-4H3,(H,25,26,29). The maximum atomic E-state index is 12.9. The first-order valence-electron chi connectivity index (χ1n) is 10.5. The third-order valence-corrected chi connectivity index (χ3v) is 5.20. The van der Waals surface area contributed by atoms with Crippen molar-refractivity contribution in [2.24, 2.45) is 7.05 Å². The number of hydrogen-bond donors (Lipinski definition) is 1. The molecule has 1 aliphatic heterocycles. The number of carbonyl (C=O) groups excluding carboxylic acids is 2. The summed E-state index contributed by atoms with van der Waals surface area (Å²) in [6, 6.07) is 12.0. The number of benzene rings is 2. The van der Waals surface area contributed by atoms with Crippen LogP contribution in [0.1, 0.15) is 26.3 Å². The predicted octanol–water partition coefficient (Wildman–Crippen LogP) is 3.12. The van der Waals surface area contributed by atoms with Gasteiger partial charge >= 0.3 is 0 Å². The Morgan fingerprint density at radius 1 is 1.18 bits per heavy atom. The van der Waals surface area contributed by atoms with Crippen LogP contribution < -0.4 is 14.8 Å². The van der Waals surface area contributed by atoms with Crippen molar-refractivity contribution in [2.45, 2.75) is 12.5 Å². The van der Waals surface area contributed by atoms with E-state index in [0.29, 0.717) is 47.2 Å². The Morgan fingerprint density at radius 3 is 2.58 bits per heavy atom. The van der Waals surface area contributed by atoms with Crippen molar-refractivity contribution in [1.82, 2.24) is 14.7 Å². The summed E-state index contributed by atoms with van der Waals surface area (Å²) in [7, 11) is 6.80. The van der Waals surface area contributed by atoms with E-state index in [4.69, 9.17) is 14.2 Å². The van der Waals surface area contributed by atoms with Gasteiger partial charge in [0.1, 0.15) is 23.4 Å². The molecule has 0 spiro atoms. The molecule has 1 aliphatic rings. The molecule has 33 heavy (non-hydrogen) atoms. The van der Waals surface area contributed by atoms with E-state index in [1.54, 1.807) is 81.6 Å². The lowest BCUT2D eigenvalue weighted by molar-refractivity contribution is 0.0827. The molecule has 4 rings (SSSR count). The first-order valence-corrected chi connectivity index (χ1v) is 10.5. The topological polar surface area (TPSA) is 94.9 Å². The monoisotopic (exact) mass is 450 g/mol. The van der Waals surface area contributed by atoms with Crippen molar-refractivity contribution < 1.29 is 23.8 Å². The number of nitrogens with one attached hydrogen (secondary N) is 1. The number of amides is 2. The molecule has 1 N–H and O–H groups in total. The van der Waals surface area contributed by atoms with Gasteiger partial charge in [0.15, 0.2) is 5.82 Å². The molecule has 2 aromatic carbocycles. The normalized spacial score (nSPS) is 14.4. The molecule has 0 bridgehead atoms. The number of rotatable bonds is 7. The van der Waals surface area contributed by atoms with E-state index in [1.165, 1.54) is 4.90 Å². The molecule has 0 fully saturated rings. The number of fused-ring (bicyclic) bond motifs is 1. The summed E-state index contributed by atoms with van der Waals surface area (Å²) in [5.74, 6) is 1.68. The molecule has 2 heterocycles. The molecular formula is C24H26N4O5. The van der Waals surface area contributed by atoms with Crippen LogP contribution >= 0.6 is 0 Å². The number of nitrogens with zero attached hydrogens (tertiary/aromatic N) is 3. The highest BCUT2D eigenvalue weighted by atomic mass is 16.5. The van der Waals surface area contributed by atoms with Gasteiger partial charge in [-0.3, -0.25) is 14.3 Å². The zero-order valence-electron chi connectivity index (χ0n) is 19.0. The molecule has 0 saturated carbocycles. The molecule has 9 heteroatoms. The minimum Gasteiger partial charge on any atom is -0.487 e. The van der Waals surface area contributed by atoms with Gasteiger partial charge in [-0.25, -0.2) is 0 Å². The summed E-state index contributed by atoms with van der Waals surface area (Å²) >= 11 is 0. The number of aromatic nitrogens is 2. The first-order chi connectivity index (χ1) is 15.8. The summed E-state index contributed by atoms with van der Waals surface area (Å²) in [4.78, 5) is 26.5. The first kappa shape index (κ1) is 22.3. The Kier molecular flexibility index (Phi) is 6.32. The largest absolute Gasteiger partial charge is 0.487 e. The number of ether oxygens (including phenoxy) is 3. The van der Waals surface area contributed by atoms with Crippen LogP contribution in [0.25, 0.3) is 0 Å². The van der Waals surface area contributed by atoms with Gasteiger partial charge in [-0.2, -0.15) is 5.10 Å². The molecular weight excluding hydrogens is 424 g/mol. The minimum absolute atomic E-state index is 0.0913. The Balaban J connectivity index is 1.62. The van der Waals surface area contributed by atoms with E-state index in [1.807, 2.05) is 0 Å². The fourth-order valence-corrected chi connectivity index (χ4v) is 3.60. The smallest absolute Gasteiger partial charge is 0.257 e. The van der Waals surface area contributed by atoms with E-state index < -0.39 is 0 Å². The number of anilines is 1. The molecule has 1 unspecified atom stereocenters. The fourth-order valence-electron chi connectivity index (χ4n) is 3.60. The van der Waals surface area contributed by atoms with Crippen molar-refractivity contribution in [2.75, 3.05) is 33.1 Å². The van der Waals surface area contributed by atoms with E-state index in [-0.39, 0.29) is 17.9 Å². The highest BCUT2D eigenvalue weighted by Crippen LogP contribution is 2.39. The van der Waals surface area contributed by atoms with Gasteiger partial charge in [0.2, 0.25) is 0 Å². The maximum absolute atomic E-state index is 12.9. The number of hydrogen-bond acceptors (Lipinski definition) is 6. The Bertz CT molecular complexity index is 1170. The second-order valence-corrected chi connectivity index (χ2v) is 8.01. The summed E-state index contributed by atoms with van der Waals surface area (Å²) in [5, 5.41) is 6.96. The molecule has 172 valence electrons. The van der Waals surface area contributed by atoms with E-state index in [0.717, 1.165) is 5.56 Å². The Labute approximate surface area is 191 Å². The lowest BCUT2D eigenvalue weighted by Gasteiger charge is -2.13. The average molecular weight is 450 g/mol. The van der Waals surface area contributed by atoms with Crippen LogP contribution in [0.3, 0.4) is 0 Å². The molecule has 2 amide bonds. The third kappa shape index (κ3) is 4.98. The SMILES string of the molecule is COCC1Cc2c(Oc3ccc(C(=O)N(C)C)cc3)cc(C(=O)Nc3ccn(C)n3)cc2O1. The van der Waals surface area contributed by atoms with E-state index in [2.05, 4.69) is 10.4 Å². The molecule has 0 saturated heterocycles. The third-order valence-electron chi connectivity index (χ3n) is 5.20. The van der Waals surface area contributed by atoms with Crippen molar-refractivity contribution in [1.29, 1.82) is 0 Å². The molecule has 9 nitrogen and oxygen atoms in total. The van der Waals surface area contributed by atoms with Crippen LogP contribution in [0.4, 0.5) is 5.82 Å². The Hall–Kier alpha value is -3.85. The zero-order chi connectivity index (χ0) is 23.5. The lowest BCUT2D eigenvalue weighted by atomic mass is 10.1. The van der Waals surface area contributed by atoms with E-state index in [9.17, 15) is 9.59 Å². The summed E-state index contributed by atoms with van der Waals surface area (Å²) in [6.45, 7) is 0.422. The summed E-state index contributed by atoms with van der Waals surface area (Å²) in [6.07, 6.45) is 2.18. The molecule has 0 aliphatic carbocycles. The Morgan fingerprint density at radius 2 is 1.94 bits per heavy atom. The van der Waals surface area contributed by atoms with Gasteiger partial charge < -0.3 is 24.4 Å². The maximum Gasteiger partial charge on any atom is 0.257 e. The minimum atomic E-state index is -0.327. The zero-order valence-corrected chi connectivity index (χ0v) is 19.0. The summed E-state index contributed by atoms with van der Waals surface area (Å²) in [5.41, 5.74) is 1.80. The van der Waals surface area contributed by atoms with Crippen molar-refractivity contribution in [3.63, 3.8) is 0 Å². The highest BCUT2D eigenvalue weighted by molar-refractivity contribution is 6.04. The van der Waals surface area contributed by atoms with Crippen LogP contribution in [-0.4, -0.2) is 60.4 Å². The number of methoxy groups -OCH3 is 1. The van der Waals surface area contributed by atoms with Crippen molar-refractivity contribution in [3.05, 3.63) is 65.4 Å². The van der Waals surface area contributed by atoms with Gasteiger partial charge in [0, 0.05) is 63.6 Å². The second-order valence-electron chi connectivity index (χ2n) is 8.01. The lowest BCUT2D eigenvalue weighted by Crippen LogP contribution is -2.21. The number of carbonyl (C=O) groups is 2. The van der Waals surface area contributed by atoms with Crippen LogP contribution in [-0.2, 0) is 18.2 Å². The highest BCUT2D eigenvalue weighted by Gasteiger charge is 2.28. The summed E-state index contributed by atoms with van der Waals surface area (Å²) < 4.78 is 19.0. The van der Waals surface area contributed by atoms with Gasteiger partial charge in [-0.1, -0.05) is 0 Å². The van der Waals surface area contributed by atoms with Crippen LogP contribution in [0.5, 0.6) is 17.2 Å². The van der Waals surface area contributed by atoms with Crippen molar-refractivity contribution >= 4 is 17.6 Å². The molecule has 0 radical (unpaired) electrons. The quantitative estimate of drug-likeness (QED) is 0.594. The molecule has 1 aromatic heterocycles.